The largest absolute Gasteiger partial charge is 0.339 e. The first-order valence-electron chi connectivity index (χ1n) is 10.1. The van der Waals surface area contributed by atoms with Crippen LogP contribution in [0.25, 0.3) is 0 Å². The molecule has 1 fully saturated rings. The van der Waals surface area contributed by atoms with E-state index in [2.05, 4.69) is 12.2 Å². The molecule has 2 heterocycles. The van der Waals surface area contributed by atoms with Crippen LogP contribution in [0.15, 0.2) is 48.5 Å². The van der Waals surface area contributed by atoms with Crippen LogP contribution in [0.4, 0.5) is 5.69 Å². The summed E-state index contributed by atoms with van der Waals surface area (Å²) in [4.78, 5) is 41.5. The molecule has 150 valence electrons. The third-order valence-electron chi connectivity index (χ3n) is 5.79. The third kappa shape index (κ3) is 3.88. The number of benzene rings is 2. The number of anilines is 1. The van der Waals surface area contributed by atoms with Crippen molar-refractivity contribution in [3.8, 4) is 0 Å². The van der Waals surface area contributed by atoms with Crippen molar-refractivity contribution in [2.24, 2.45) is 0 Å². The molecule has 2 aliphatic rings. The second-order valence-corrected chi connectivity index (χ2v) is 7.56. The van der Waals surface area contributed by atoms with Crippen molar-refractivity contribution in [2.75, 3.05) is 31.5 Å². The zero-order chi connectivity index (χ0) is 20.4. The normalized spacial score (nSPS) is 18.8. The average Bonchev–Trinajstić information content (AvgIpc) is 2.77. The minimum atomic E-state index is -0.455. The molecule has 0 radical (unpaired) electrons. The van der Waals surface area contributed by atoms with Crippen molar-refractivity contribution >= 4 is 23.4 Å². The summed E-state index contributed by atoms with van der Waals surface area (Å²) in [5, 5.41) is 2.83. The summed E-state index contributed by atoms with van der Waals surface area (Å²) in [6.07, 6.45) is 1.11. The predicted octanol–water partition coefficient (Wildman–Crippen LogP) is 2.66. The van der Waals surface area contributed by atoms with Gasteiger partial charge < -0.3 is 15.1 Å². The van der Waals surface area contributed by atoms with Gasteiger partial charge in [-0.2, -0.15) is 0 Å². The monoisotopic (exact) mass is 391 g/mol. The molecule has 4 rings (SSSR count). The molecule has 6 nitrogen and oxygen atoms in total. The van der Waals surface area contributed by atoms with Crippen LogP contribution in [0.5, 0.6) is 0 Å². The topological polar surface area (TPSA) is 69.7 Å². The summed E-state index contributed by atoms with van der Waals surface area (Å²) >= 11 is 0. The molecule has 1 atom stereocenters. The molecular formula is C23H25N3O3. The number of para-hydroxylation sites is 1. The average molecular weight is 391 g/mol. The maximum absolute atomic E-state index is 13.1. The maximum Gasteiger partial charge on any atom is 0.253 e. The smallest absolute Gasteiger partial charge is 0.253 e. The van der Waals surface area contributed by atoms with Gasteiger partial charge in [0.05, 0.1) is 5.92 Å². The van der Waals surface area contributed by atoms with Crippen molar-refractivity contribution < 1.29 is 14.4 Å². The number of amides is 3. The molecule has 6 heteroatoms. The Bertz CT molecular complexity index is 931. The number of carbonyl (C=O) groups excluding carboxylic acids is 3. The summed E-state index contributed by atoms with van der Waals surface area (Å²) < 4.78 is 0. The summed E-state index contributed by atoms with van der Waals surface area (Å²) in [6.45, 7) is 4.05. The third-order valence-corrected chi connectivity index (χ3v) is 5.79. The quantitative estimate of drug-likeness (QED) is 0.875. The van der Waals surface area contributed by atoms with Gasteiger partial charge >= 0.3 is 0 Å². The Labute approximate surface area is 170 Å². The lowest BCUT2D eigenvalue weighted by atomic mass is 9.89. The number of nitrogens with zero attached hydrogens (tertiary/aromatic N) is 2. The molecule has 0 aliphatic carbocycles. The van der Waals surface area contributed by atoms with Gasteiger partial charge in [-0.15, -0.1) is 0 Å². The van der Waals surface area contributed by atoms with Gasteiger partial charge in [0.15, 0.2) is 0 Å². The van der Waals surface area contributed by atoms with Crippen LogP contribution in [0.3, 0.4) is 0 Å². The number of nitrogens with one attached hydrogen (secondary N) is 1. The highest BCUT2D eigenvalue weighted by Crippen LogP contribution is 2.33. The van der Waals surface area contributed by atoms with E-state index in [9.17, 15) is 14.4 Å². The fraction of sp³-hybridized carbons (Fsp3) is 0.348. The summed E-state index contributed by atoms with van der Waals surface area (Å²) in [7, 11) is 0. The fourth-order valence-corrected chi connectivity index (χ4v) is 4.05. The molecule has 1 unspecified atom stereocenters. The fourth-order valence-electron chi connectivity index (χ4n) is 4.05. The van der Waals surface area contributed by atoms with Gasteiger partial charge in [-0.05, 0) is 35.7 Å². The van der Waals surface area contributed by atoms with Gasteiger partial charge in [0.2, 0.25) is 11.8 Å². The lowest BCUT2D eigenvalue weighted by Gasteiger charge is -2.37. The molecule has 1 N–H and O–H groups in total. The molecule has 0 saturated carbocycles. The van der Waals surface area contributed by atoms with E-state index in [0.717, 1.165) is 12.0 Å². The van der Waals surface area contributed by atoms with Crippen molar-refractivity contribution in [1.29, 1.82) is 0 Å². The Morgan fingerprint density at radius 2 is 1.62 bits per heavy atom. The van der Waals surface area contributed by atoms with E-state index in [1.165, 1.54) is 5.56 Å². The van der Waals surface area contributed by atoms with Crippen molar-refractivity contribution in [1.82, 2.24) is 9.80 Å². The van der Waals surface area contributed by atoms with E-state index in [1.807, 2.05) is 48.5 Å². The number of hydrogen-bond acceptors (Lipinski definition) is 3. The van der Waals surface area contributed by atoms with Crippen LogP contribution in [0.1, 0.15) is 40.7 Å². The van der Waals surface area contributed by atoms with E-state index in [4.69, 9.17) is 0 Å². The number of carbonyl (C=O) groups is 3. The summed E-state index contributed by atoms with van der Waals surface area (Å²) in [5.41, 5.74) is 3.46. The first-order chi connectivity index (χ1) is 14.1. The van der Waals surface area contributed by atoms with E-state index >= 15 is 0 Å². The Hall–Kier alpha value is -3.15. The Kier molecular flexibility index (Phi) is 5.34. The van der Waals surface area contributed by atoms with E-state index < -0.39 is 5.92 Å². The molecule has 0 aromatic heterocycles. The van der Waals surface area contributed by atoms with Gasteiger partial charge in [0, 0.05) is 43.9 Å². The molecule has 0 bridgehead atoms. The van der Waals surface area contributed by atoms with Crippen molar-refractivity contribution in [3.63, 3.8) is 0 Å². The van der Waals surface area contributed by atoms with Crippen LogP contribution in [0, 0.1) is 0 Å². The Morgan fingerprint density at radius 3 is 2.31 bits per heavy atom. The van der Waals surface area contributed by atoms with Gasteiger partial charge in [0.1, 0.15) is 0 Å². The number of hydrogen-bond donors (Lipinski definition) is 1. The number of aryl methyl sites for hydroxylation is 1. The molecule has 2 aliphatic heterocycles. The minimum Gasteiger partial charge on any atom is -0.339 e. The first-order valence-corrected chi connectivity index (χ1v) is 10.1. The molecular weight excluding hydrogens is 366 g/mol. The zero-order valence-electron chi connectivity index (χ0n) is 16.6. The van der Waals surface area contributed by atoms with Crippen LogP contribution < -0.4 is 5.32 Å². The van der Waals surface area contributed by atoms with Crippen LogP contribution in [-0.2, 0) is 16.0 Å². The number of piperazine rings is 1. The number of fused-ring (bicyclic) bond motifs is 1. The van der Waals surface area contributed by atoms with Gasteiger partial charge in [-0.1, -0.05) is 37.3 Å². The molecule has 0 spiro atoms. The highest BCUT2D eigenvalue weighted by molar-refractivity contribution is 6.01. The second-order valence-electron chi connectivity index (χ2n) is 7.56. The second kappa shape index (κ2) is 8.07. The minimum absolute atomic E-state index is 0.00198. The van der Waals surface area contributed by atoms with E-state index in [-0.39, 0.29) is 24.1 Å². The molecule has 2 aromatic rings. The van der Waals surface area contributed by atoms with E-state index in [1.54, 1.807) is 9.80 Å². The Balaban J connectivity index is 1.41. The predicted molar refractivity (Wildman–Crippen MR) is 111 cm³/mol. The zero-order valence-corrected chi connectivity index (χ0v) is 16.6. The molecule has 2 aromatic carbocycles. The molecule has 1 saturated heterocycles. The van der Waals surface area contributed by atoms with Crippen LogP contribution in [-0.4, -0.2) is 53.7 Å². The van der Waals surface area contributed by atoms with Crippen molar-refractivity contribution in [3.05, 3.63) is 65.2 Å². The van der Waals surface area contributed by atoms with Gasteiger partial charge in [0.25, 0.3) is 5.91 Å². The summed E-state index contributed by atoms with van der Waals surface area (Å²) in [5.74, 6) is -0.621. The van der Waals surface area contributed by atoms with Crippen molar-refractivity contribution in [2.45, 2.75) is 25.7 Å². The Morgan fingerprint density at radius 1 is 0.966 bits per heavy atom. The van der Waals surface area contributed by atoms with Crippen LogP contribution >= 0.6 is 0 Å². The maximum atomic E-state index is 13.1. The molecule has 3 amide bonds. The number of rotatable bonds is 3. The first kappa shape index (κ1) is 19.2. The van der Waals surface area contributed by atoms with Gasteiger partial charge in [-0.25, -0.2) is 0 Å². The SMILES string of the molecule is CCc1ccc(C(=O)N2CCN(C(=O)C3CC(=O)Nc4ccccc43)CC2)cc1. The lowest BCUT2D eigenvalue weighted by molar-refractivity contribution is -0.136. The highest BCUT2D eigenvalue weighted by atomic mass is 16.2. The standard InChI is InChI=1S/C23H25N3O3/c1-2-16-7-9-17(10-8-16)22(28)25-11-13-26(14-12-25)23(29)19-15-21(27)24-20-6-4-3-5-18(19)20/h3-10,19H,2,11-15H2,1H3,(H,24,27). The highest BCUT2D eigenvalue weighted by Gasteiger charge is 2.35. The van der Waals surface area contributed by atoms with E-state index in [0.29, 0.717) is 37.4 Å². The summed E-state index contributed by atoms with van der Waals surface area (Å²) in [6, 6.07) is 15.2. The molecule has 29 heavy (non-hydrogen) atoms. The van der Waals surface area contributed by atoms with Gasteiger partial charge in [-0.3, -0.25) is 14.4 Å². The lowest BCUT2D eigenvalue weighted by Crippen LogP contribution is -2.52. The van der Waals surface area contributed by atoms with Crippen LogP contribution in [0.2, 0.25) is 0 Å².